The molecule has 1 saturated heterocycles. The highest BCUT2D eigenvalue weighted by atomic mass is 35.5. The van der Waals surface area contributed by atoms with Crippen molar-refractivity contribution < 1.29 is 33.0 Å². The number of methoxy groups -OCH3 is 2. The lowest BCUT2D eigenvalue weighted by Gasteiger charge is -2.15. The van der Waals surface area contributed by atoms with E-state index in [0.717, 1.165) is 4.90 Å². The number of carbonyl (C=O) groups excluding carboxylic acids is 3. The zero-order valence-electron chi connectivity index (χ0n) is 19.7. The van der Waals surface area contributed by atoms with E-state index in [1.807, 2.05) is 0 Å². The van der Waals surface area contributed by atoms with Gasteiger partial charge in [-0.2, -0.15) is 5.26 Å². The molecule has 0 spiro atoms. The summed E-state index contributed by atoms with van der Waals surface area (Å²) in [5.41, 5.74) is 1.45. The van der Waals surface area contributed by atoms with Crippen LogP contribution in [0.3, 0.4) is 0 Å². The van der Waals surface area contributed by atoms with E-state index in [4.69, 9.17) is 25.5 Å². The van der Waals surface area contributed by atoms with Crippen LogP contribution in [0.25, 0.3) is 6.08 Å². The third-order valence-corrected chi connectivity index (χ3v) is 5.62. The number of esters is 1. The molecule has 37 heavy (non-hydrogen) atoms. The van der Waals surface area contributed by atoms with Gasteiger partial charge in [0.25, 0.3) is 5.91 Å². The predicted molar refractivity (Wildman–Crippen MR) is 131 cm³/mol. The van der Waals surface area contributed by atoms with Crippen LogP contribution in [0.1, 0.15) is 33.0 Å². The second-order valence-electron chi connectivity index (χ2n) is 7.72. The molecular formula is C26H20ClN3O7. The topological polar surface area (TPSA) is 131 Å². The van der Waals surface area contributed by atoms with Crippen molar-refractivity contribution in [3.05, 3.63) is 87.5 Å². The van der Waals surface area contributed by atoms with Gasteiger partial charge in [0.2, 0.25) is 5.76 Å². The zero-order chi connectivity index (χ0) is 26.5. The maximum absolute atomic E-state index is 13.0. The molecule has 1 N–H and O–H groups in total. The van der Waals surface area contributed by atoms with Crippen molar-refractivity contribution in [2.75, 3.05) is 14.2 Å². The van der Waals surface area contributed by atoms with Gasteiger partial charge in [0, 0.05) is 22.2 Å². The Morgan fingerprint density at radius 3 is 2.70 bits per heavy atom. The molecule has 1 aromatic heterocycles. The summed E-state index contributed by atoms with van der Waals surface area (Å²) in [6.07, 6.45) is 1.42. The molecule has 0 unspecified atom stereocenters. The largest absolute Gasteiger partial charge is 0.493 e. The van der Waals surface area contributed by atoms with E-state index in [9.17, 15) is 19.6 Å². The molecule has 1 aliphatic rings. The summed E-state index contributed by atoms with van der Waals surface area (Å²) >= 11 is 6.25. The van der Waals surface area contributed by atoms with E-state index < -0.39 is 17.9 Å². The normalized spacial score (nSPS) is 13.9. The van der Waals surface area contributed by atoms with Crippen LogP contribution in [0, 0.1) is 11.3 Å². The van der Waals surface area contributed by atoms with Gasteiger partial charge in [-0.25, -0.2) is 9.59 Å². The number of furan rings is 1. The number of rotatable bonds is 8. The molecule has 2 heterocycles. The molecule has 188 valence electrons. The fourth-order valence-electron chi connectivity index (χ4n) is 3.61. The Morgan fingerprint density at radius 1 is 1.19 bits per heavy atom. The number of nitrogens with zero attached hydrogens (tertiary/aromatic N) is 2. The van der Waals surface area contributed by atoms with Crippen LogP contribution in [-0.4, -0.2) is 37.0 Å². The molecule has 0 aliphatic carbocycles. The van der Waals surface area contributed by atoms with E-state index in [1.54, 1.807) is 36.4 Å². The third-order valence-electron chi connectivity index (χ3n) is 5.40. The summed E-state index contributed by atoms with van der Waals surface area (Å²) in [7, 11) is 2.65. The Hall–Kier alpha value is -4.75. The second-order valence-corrected chi connectivity index (χ2v) is 8.16. The maximum Gasteiger partial charge on any atom is 0.373 e. The highest BCUT2D eigenvalue weighted by Gasteiger charge is 2.35. The lowest BCUT2D eigenvalue weighted by atomic mass is 10.1. The number of amides is 3. The van der Waals surface area contributed by atoms with Gasteiger partial charge in [0.05, 0.1) is 32.4 Å². The number of nitriles is 1. The highest BCUT2D eigenvalue weighted by molar-refractivity contribution is 6.31. The van der Waals surface area contributed by atoms with Crippen molar-refractivity contribution in [3.8, 4) is 17.6 Å². The van der Waals surface area contributed by atoms with Crippen LogP contribution < -0.4 is 14.8 Å². The lowest BCUT2D eigenvalue weighted by molar-refractivity contribution is -0.123. The Kier molecular flexibility index (Phi) is 7.46. The minimum atomic E-state index is -0.677. The van der Waals surface area contributed by atoms with Gasteiger partial charge in [-0.05, 0) is 30.3 Å². The number of urea groups is 1. The van der Waals surface area contributed by atoms with Gasteiger partial charge in [-0.3, -0.25) is 9.69 Å². The van der Waals surface area contributed by atoms with E-state index in [-0.39, 0.29) is 36.1 Å². The van der Waals surface area contributed by atoms with Crippen LogP contribution in [-0.2, 0) is 22.7 Å². The molecule has 3 amide bonds. The number of benzene rings is 2. The summed E-state index contributed by atoms with van der Waals surface area (Å²) < 4.78 is 21.4. The Labute approximate surface area is 216 Å². The van der Waals surface area contributed by atoms with Crippen molar-refractivity contribution in [1.29, 1.82) is 5.26 Å². The minimum Gasteiger partial charge on any atom is -0.493 e. The van der Waals surface area contributed by atoms with Gasteiger partial charge in [0.15, 0.2) is 11.5 Å². The first-order valence-electron chi connectivity index (χ1n) is 10.8. The SMILES string of the molecule is COC(=O)c1ccc(CN2C(=O)N/C(=C/c3cc(Cl)cc(OC)c3OCc3ccccc3C#N)C2=O)o1. The zero-order valence-corrected chi connectivity index (χ0v) is 20.5. The summed E-state index contributed by atoms with van der Waals surface area (Å²) in [5, 5.41) is 12.2. The fourth-order valence-corrected chi connectivity index (χ4v) is 3.82. The smallest absolute Gasteiger partial charge is 0.373 e. The summed E-state index contributed by atoms with van der Waals surface area (Å²) in [6, 6.07) is 14.4. The van der Waals surface area contributed by atoms with Gasteiger partial charge < -0.3 is 23.9 Å². The number of nitrogens with one attached hydrogen (secondary N) is 1. The first kappa shape index (κ1) is 25.3. The van der Waals surface area contributed by atoms with Gasteiger partial charge in [-0.1, -0.05) is 29.8 Å². The summed E-state index contributed by atoms with van der Waals surface area (Å²) in [6.45, 7) is -0.155. The minimum absolute atomic E-state index is 0.0312. The predicted octanol–water partition coefficient (Wildman–Crippen LogP) is 4.27. The van der Waals surface area contributed by atoms with Crippen molar-refractivity contribution in [3.63, 3.8) is 0 Å². The van der Waals surface area contributed by atoms with E-state index >= 15 is 0 Å². The molecule has 1 fully saturated rings. The van der Waals surface area contributed by atoms with Gasteiger partial charge >= 0.3 is 12.0 Å². The molecule has 0 radical (unpaired) electrons. The van der Waals surface area contributed by atoms with Crippen LogP contribution >= 0.6 is 11.6 Å². The molecule has 10 nitrogen and oxygen atoms in total. The van der Waals surface area contributed by atoms with Gasteiger partial charge in [0.1, 0.15) is 18.1 Å². The fraction of sp³-hybridized carbons (Fsp3) is 0.154. The summed E-state index contributed by atoms with van der Waals surface area (Å²) in [5.74, 6) is -0.569. The molecule has 1 aliphatic heterocycles. The first-order valence-corrected chi connectivity index (χ1v) is 11.2. The number of imide groups is 1. The molecule has 0 bridgehead atoms. The summed E-state index contributed by atoms with van der Waals surface area (Å²) in [4.78, 5) is 38.1. The van der Waals surface area contributed by atoms with Crippen LogP contribution in [0.2, 0.25) is 5.02 Å². The quantitative estimate of drug-likeness (QED) is 0.264. The van der Waals surface area contributed by atoms with Crippen molar-refractivity contribution in [1.82, 2.24) is 10.2 Å². The van der Waals surface area contributed by atoms with Crippen LogP contribution in [0.4, 0.5) is 4.79 Å². The molecule has 0 saturated carbocycles. The standard InChI is InChI=1S/C26H20ClN3O7/c1-34-22-11-18(27)9-17(23(22)36-14-16-6-4-3-5-15(16)12-28)10-20-24(31)30(26(33)29-20)13-19-7-8-21(37-19)25(32)35-2/h3-11H,13-14H2,1-2H3,(H,29,33)/b20-10+. The molecule has 3 aromatic rings. The van der Waals surface area contributed by atoms with Crippen LogP contribution in [0.15, 0.2) is 58.6 Å². The van der Waals surface area contributed by atoms with Crippen molar-refractivity contribution in [2.45, 2.75) is 13.2 Å². The van der Waals surface area contributed by atoms with E-state index in [1.165, 1.54) is 32.4 Å². The Balaban J connectivity index is 1.61. The third kappa shape index (κ3) is 5.42. The lowest BCUT2D eigenvalue weighted by Crippen LogP contribution is -2.30. The molecule has 11 heteroatoms. The maximum atomic E-state index is 13.0. The van der Waals surface area contributed by atoms with Crippen LogP contribution in [0.5, 0.6) is 11.5 Å². The molecule has 4 rings (SSSR count). The second kappa shape index (κ2) is 10.9. The molecule has 0 atom stereocenters. The molecule has 2 aromatic carbocycles. The first-order chi connectivity index (χ1) is 17.8. The number of halogens is 1. The number of carbonyl (C=O) groups is 3. The number of ether oxygens (including phenoxy) is 3. The van der Waals surface area contributed by atoms with Crippen molar-refractivity contribution >= 4 is 35.6 Å². The monoisotopic (exact) mass is 521 g/mol. The Morgan fingerprint density at radius 2 is 1.97 bits per heavy atom. The average Bonchev–Trinajstić information content (AvgIpc) is 3.47. The average molecular weight is 522 g/mol. The van der Waals surface area contributed by atoms with Crippen molar-refractivity contribution in [2.24, 2.45) is 0 Å². The Bertz CT molecular complexity index is 1450. The van der Waals surface area contributed by atoms with E-state index in [2.05, 4.69) is 16.1 Å². The highest BCUT2D eigenvalue weighted by Crippen LogP contribution is 2.37. The van der Waals surface area contributed by atoms with Gasteiger partial charge in [-0.15, -0.1) is 0 Å². The molecular weight excluding hydrogens is 502 g/mol. The number of hydrogen-bond acceptors (Lipinski definition) is 8. The van der Waals surface area contributed by atoms with E-state index in [0.29, 0.717) is 27.5 Å². The number of hydrogen-bond donors (Lipinski definition) is 1.